The molecule has 0 radical (unpaired) electrons. The van der Waals surface area contributed by atoms with Crippen molar-refractivity contribution in [3.63, 3.8) is 0 Å². The lowest BCUT2D eigenvalue weighted by Gasteiger charge is -2.32. The Morgan fingerprint density at radius 1 is 1.17 bits per heavy atom. The second-order valence-corrected chi connectivity index (χ2v) is 7.87. The molecule has 30 heavy (non-hydrogen) atoms. The van der Waals surface area contributed by atoms with Gasteiger partial charge in [0, 0.05) is 44.3 Å². The highest BCUT2D eigenvalue weighted by atomic mass is 16.5. The zero-order chi connectivity index (χ0) is 21.2. The van der Waals surface area contributed by atoms with Crippen LogP contribution in [0.5, 0.6) is 0 Å². The number of aryl methyl sites for hydroxylation is 2. The first kappa shape index (κ1) is 22.4. The average Bonchev–Trinajstić information content (AvgIpc) is 2.78. The number of carbonyl (C=O) groups excluding carboxylic acids is 1. The van der Waals surface area contributed by atoms with Crippen LogP contribution in [0.1, 0.15) is 54.2 Å². The predicted octanol–water partition coefficient (Wildman–Crippen LogP) is 3.68. The first-order valence-corrected chi connectivity index (χ1v) is 10.9. The fourth-order valence-corrected chi connectivity index (χ4v) is 3.95. The van der Waals surface area contributed by atoms with Crippen molar-refractivity contribution in [2.24, 2.45) is 0 Å². The van der Waals surface area contributed by atoms with E-state index in [2.05, 4.69) is 17.1 Å². The number of piperidine rings is 1. The van der Waals surface area contributed by atoms with Crippen LogP contribution in [0.25, 0.3) is 0 Å². The third kappa shape index (κ3) is 6.61. The lowest BCUT2D eigenvalue weighted by molar-refractivity contribution is -0.132. The quantitative estimate of drug-likeness (QED) is 0.558. The highest BCUT2D eigenvalue weighted by Crippen LogP contribution is 2.29. The smallest absolute Gasteiger partial charge is 0.222 e. The van der Waals surface area contributed by atoms with Gasteiger partial charge in [-0.2, -0.15) is 0 Å². The van der Waals surface area contributed by atoms with Crippen molar-refractivity contribution in [3.8, 4) is 0 Å². The second-order valence-electron chi connectivity index (χ2n) is 7.87. The monoisotopic (exact) mass is 411 g/mol. The molecular weight excluding hydrogens is 378 g/mol. The van der Waals surface area contributed by atoms with Crippen LogP contribution in [0.2, 0.25) is 0 Å². The summed E-state index contributed by atoms with van der Waals surface area (Å²) >= 11 is 0. The molecule has 0 unspecified atom stereocenters. The van der Waals surface area contributed by atoms with Gasteiger partial charge in [0.2, 0.25) is 5.91 Å². The summed E-state index contributed by atoms with van der Waals surface area (Å²) < 4.78 is 10.7. The SMILES string of the molecule is COCCOCc1cnc(C)nc1C1CCN(C(=O)CCCc2ccccc2)CC1. The van der Waals surface area contributed by atoms with Crippen LogP contribution in [0.4, 0.5) is 0 Å². The van der Waals surface area contributed by atoms with E-state index in [-0.39, 0.29) is 5.91 Å². The topological polar surface area (TPSA) is 64.6 Å². The van der Waals surface area contributed by atoms with E-state index in [1.165, 1.54) is 5.56 Å². The Kier molecular flexibility index (Phi) is 8.78. The fourth-order valence-electron chi connectivity index (χ4n) is 3.95. The van der Waals surface area contributed by atoms with E-state index >= 15 is 0 Å². The Labute approximate surface area is 179 Å². The molecule has 1 aromatic carbocycles. The summed E-state index contributed by atoms with van der Waals surface area (Å²) in [5.41, 5.74) is 3.42. The van der Waals surface area contributed by atoms with Crippen molar-refractivity contribution in [2.75, 3.05) is 33.4 Å². The molecule has 6 heteroatoms. The molecule has 1 saturated heterocycles. The number of nitrogens with zero attached hydrogens (tertiary/aromatic N) is 3. The zero-order valence-electron chi connectivity index (χ0n) is 18.2. The average molecular weight is 412 g/mol. The van der Waals surface area contributed by atoms with Crippen molar-refractivity contribution in [1.29, 1.82) is 0 Å². The fraction of sp³-hybridized carbons (Fsp3) is 0.542. The van der Waals surface area contributed by atoms with Crippen LogP contribution >= 0.6 is 0 Å². The first-order valence-electron chi connectivity index (χ1n) is 10.9. The van der Waals surface area contributed by atoms with Crippen LogP contribution in [-0.2, 0) is 27.3 Å². The summed E-state index contributed by atoms with van der Waals surface area (Å²) in [7, 11) is 1.67. The van der Waals surface area contributed by atoms with E-state index in [0.717, 1.165) is 55.9 Å². The largest absolute Gasteiger partial charge is 0.382 e. The molecule has 3 rings (SSSR count). The number of carbonyl (C=O) groups is 1. The van der Waals surface area contributed by atoms with E-state index in [1.807, 2.05) is 36.2 Å². The maximum atomic E-state index is 12.6. The molecule has 1 aliphatic heterocycles. The van der Waals surface area contributed by atoms with Crippen LogP contribution in [0.15, 0.2) is 36.5 Å². The minimum Gasteiger partial charge on any atom is -0.382 e. The molecule has 0 atom stereocenters. The van der Waals surface area contributed by atoms with Crippen molar-refractivity contribution in [1.82, 2.24) is 14.9 Å². The maximum Gasteiger partial charge on any atom is 0.222 e. The molecule has 1 fully saturated rings. The first-order chi connectivity index (χ1) is 14.7. The van der Waals surface area contributed by atoms with Gasteiger partial charge >= 0.3 is 0 Å². The van der Waals surface area contributed by atoms with Gasteiger partial charge in [-0.3, -0.25) is 4.79 Å². The molecule has 1 aliphatic rings. The van der Waals surface area contributed by atoms with E-state index in [9.17, 15) is 4.79 Å². The molecular formula is C24H33N3O3. The standard InChI is InChI=1S/C24H33N3O3/c1-19-25-17-22(18-30-16-15-29-2)24(26-19)21-11-13-27(14-12-21)23(28)10-6-9-20-7-4-3-5-8-20/h3-5,7-8,17,21H,6,9-16,18H2,1-2H3. The number of rotatable bonds is 10. The van der Waals surface area contributed by atoms with Gasteiger partial charge < -0.3 is 14.4 Å². The van der Waals surface area contributed by atoms with Gasteiger partial charge in [-0.25, -0.2) is 9.97 Å². The number of likely N-dealkylation sites (tertiary alicyclic amines) is 1. The summed E-state index contributed by atoms with van der Waals surface area (Å²) in [5.74, 6) is 1.40. The maximum absolute atomic E-state index is 12.6. The highest BCUT2D eigenvalue weighted by molar-refractivity contribution is 5.76. The van der Waals surface area contributed by atoms with Crippen molar-refractivity contribution < 1.29 is 14.3 Å². The van der Waals surface area contributed by atoms with E-state index in [4.69, 9.17) is 14.5 Å². The summed E-state index contributed by atoms with van der Waals surface area (Å²) in [6.45, 7) is 5.14. The van der Waals surface area contributed by atoms with Gasteiger partial charge in [-0.1, -0.05) is 30.3 Å². The minimum absolute atomic E-state index is 0.270. The molecule has 0 saturated carbocycles. The summed E-state index contributed by atoms with van der Waals surface area (Å²) in [6.07, 6.45) is 6.22. The number of methoxy groups -OCH3 is 1. The predicted molar refractivity (Wildman–Crippen MR) is 116 cm³/mol. The summed E-state index contributed by atoms with van der Waals surface area (Å²) in [6, 6.07) is 10.4. The van der Waals surface area contributed by atoms with Crippen molar-refractivity contribution in [2.45, 2.75) is 51.6 Å². The highest BCUT2D eigenvalue weighted by Gasteiger charge is 2.26. The van der Waals surface area contributed by atoms with Crippen LogP contribution in [-0.4, -0.2) is 54.2 Å². The minimum atomic E-state index is 0.270. The van der Waals surface area contributed by atoms with Crippen LogP contribution < -0.4 is 0 Å². The number of benzene rings is 1. The number of hydrogen-bond donors (Lipinski definition) is 0. The lowest BCUT2D eigenvalue weighted by Crippen LogP contribution is -2.38. The summed E-state index contributed by atoms with van der Waals surface area (Å²) in [4.78, 5) is 23.7. The van der Waals surface area contributed by atoms with Crippen LogP contribution in [0.3, 0.4) is 0 Å². The molecule has 1 aromatic heterocycles. The third-order valence-corrected chi connectivity index (χ3v) is 5.64. The van der Waals surface area contributed by atoms with Crippen molar-refractivity contribution in [3.05, 3.63) is 59.2 Å². The molecule has 0 aliphatic carbocycles. The Bertz CT molecular complexity index is 790. The Balaban J connectivity index is 1.48. The van der Waals surface area contributed by atoms with Gasteiger partial charge in [0.25, 0.3) is 0 Å². The molecule has 2 aromatic rings. The number of hydrogen-bond acceptors (Lipinski definition) is 5. The van der Waals surface area contributed by atoms with Gasteiger partial charge in [0.05, 0.1) is 25.5 Å². The lowest BCUT2D eigenvalue weighted by atomic mass is 9.90. The van der Waals surface area contributed by atoms with E-state index < -0.39 is 0 Å². The van der Waals surface area contributed by atoms with E-state index in [0.29, 0.717) is 32.2 Å². The van der Waals surface area contributed by atoms with Gasteiger partial charge in [-0.05, 0) is 38.2 Å². The molecule has 0 bridgehead atoms. The number of ether oxygens (including phenoxy) is 2. The Morgan fingerprint density at radius 3 is 2.67 bits per heavy atom. The van der Waals surface area contributed by atoms with Crippen LogP contribution in [0, 0.1) is 6.92 Å². The Morgan fingerprint density at radius 2 is 1.93 bits per heavy atom. The second kappa shape index (κ2) is 11.8. The van der Waals surface area contributed by atoms with E-state index in [1.54, 1.807) is 7.11 Å². The van der Waals surface area contributed by atoms with Gasteiger partial charge in [0.15, 0.2) is 0 Å². The van der Waals surface area contributed by atoms with Gasteiger partial charge in [-0.15, -0.1) is 0 Å². The third-order valence-electron chi connectivity index (χ3n) is 5.64. The molecule has 0 N–H and O–H groups in total. The molecule has 162 valence electrons. The number of aromatic nitrogens is 2. The normalized spacial score (nSPS) is 14.8. The molecule has 0 spiro atoms. The zero-order valence-corrected chi connectivity index (χ0v) is 18.2. The molecule has 2 heterocycles. The van der Waals surface area contributed by atoms with Gasteiger partial charge in [0.1, 0.15) is 5.82 Å². The molecule has 1 amide bonds. The summed E-state index contributed by atoms with van der Waals surface area (Å²) in [5, 5.41) is 0. The van der Waals surface area contributed by atoms with Crippen molar-refractivity contribution >= 4 is 5.91 Å². The molecule has 6 nitrogen and oxygen atoms in total. The number of amides is 1. The Hall–Kier alpha value is -2.31.